The molecule has 0 amide bonds. The molecule has 1 aromatic carbocycles. The van der Waals surface area contributed by atoms with E-state index >= 15 is 0 Å². The summed E-state index contributed by atoms with van der Waals surface area (Å²) in [6.07, 6.45) is 0. The van der Waals surface area contributed by atoms with Crippen LogP contribution in [0, 0.1) is 6.92 Å². The zero-order chi connectivity index (χ0) is 13.8. The lowest BCUT2D eigenvalue weighted by molar-refractivity contribution is 0.514. The maximum Gasteiger partial charge on any atom is 0.173 e. The van der Waals surface area contributed by atoms with E-state index in [4.69, 9.17) is 12.2 Å². The van der Waals surface area contributed by atoms with E-state index in [1.54, 1.807) is 11.3 Å². The predicted molar refractivity (Wildman–Crippen MR) is 90.9 cm³/mol. The average molecular weight is 355 g/mol. The number of hydrogen-bond acceptors (Lipinski definition) is 2. The summed E-state index contributed by atoms with van der Waals surface area (Å²) in [5, 5.41) is 4.02. The Balaban J connectivity index is 1.98. The molecule has 2 aromatic rings. The van der Waals surface area contributed by atoms with Gasteiger partial charge in [0.2, 0.25) is 0 Å². The molecule has 0 bridgehead atoms. The van der Waals surface area contributed by atoms with E-state index in [0.717, 1.165) is 21.1 Å². The van der Waals surface area contributed by atoms with E-state index in [1.807, 2.05) is 30.1 Å². The van der Waals surface area contributed by atoms with Gasteiger partial charge in [0.1, 0.15) is 0 Å². The largest absolute Gasteiger partial charge is 0.347 e. The van der Waals surface area contributed by atoms with Gasteiger partial charge in [-0.3, -0.25) is 0 Å². The van der Waals surface area contributed by atoms with Crippen molar-refractivity contribution in [2.75, 3.05) is 12.4 Å². The molecular weight excluding hydrogens is 340 g/mol. The number of para-hydroxylation sites is 1. The second-order valence-corrected chi connectivity index (χ2v) is 7.24. The summed E-state index contributed by atoms with van der Waals surface area (Å²) in [5.41, 5.74) is 2.25. The molecule has 0 saturated heterocycles. The summed E-state index contributed by atoms with van der Waals surface area (Å²) in [6.45, 7) is 2.88. The van der Waals surface area contributed by atoms with Gasteiger partial charge in [-0.25, -0.2) is 0 Å². The van der Waals surface area contributed by atoms with Crippen LogP contribution in [0.15, 0.2) is 40.2 Å². The minimum absolute atomic E-state index is 0.735. The number of nitrogens with zero attached hydrogens (tertiary/aromatic N) is 1. The summed E-state index contributed by atoms with van der Waals surface area (Å²) < 4.78 is 1.15. The minimum atomic E-state index is 0.735. The Bertz CT molecular complexity index is 580. The van der Waals surface area contributed by atoms with E-state index in [-0.39, 0.29) is 0 Å². The number of thiocarbonyl (C=S) groups is 1. The average Bonchev–Trinajstić information content (AvgIpc) is 2.77. The molecule has 0 aliphatic carbocycles. The zero-order valence-electron chi connectivity index (χ0n) is 10.8. The number of rotatable bonds is 3. The molecule has 19 heavy (non-hydrogen) atoms. The summed E-state index contributed by atoms with van der Waals surface area (Å²) in [7, 11) is 2.00. The maximum atomic E-state index is 5.43. The summed E-state index contributed by atoms with van der Waals surface area (Å²) in [5.74, 6) is 0. The predicted octanol–water partition coefficient (Wildman–Crippen LogP) is 4.65. The standard InChI is InChI=1S/C14H15BrN2S2/c1-10-5-3-4-6-12(10)16-14(18)17(2)9-11-7-8-13(15)19-11/h3-8H,9H2,1-2H3,(H,16,18). The molecule has 0 aliphatic rings. The van der Waals surface area contributed by atoms with Crippen molar-refractivity contribution in [2.45, 2.75) is 13.5 Å². The van der Waals surface area contributed by atoms with Crippen LogP contribution in [0.4, 0.5) is 5.69 Å². The molecule has 0 aliphatic heterocycles. The molecule has 0 fully saturated rings. The van der Waals surface area contributed by atoms with Gasteiger partial charge in [0.25, 0.3) is 0 Å². The monoisotopic (exact) mass is 354 g/mol. The fraction of sp³-hybridized carbons (Fsp3) is 0.214. The quantitative estimate of drug-likeness (QED) is 0.807. The molecule has 0 spiro atoms. The highest BCUT2D eigenvalue weighted by Gasteiger charge is 2.08. The highest BCUT2D eigenvalue weighted by Crippen LogP contribution is 2.23. The van der Waals surface area contributed by atoms with Gasteiger partial charge in [0, 0.05) is 17.6 Å². The van der Waals surface area contributed by atoms with E-state index in [1.165, 1.54) is 10.4 Å². The zero-order valence-corrected chi connectivity index (χ0v) is 14.0. The van der Waals surface area contributed by atoms with Crippen molar-refractivity contribution in [3.8, 4) is 0 Å². The Morgan fingerprint density at radius 3 is 2.68 bits per heavy atom. The van der Waals surface area contributed by atoms with Crippen LogP contribution in [0.25, 0.3) is 0 Å². The van der Waals surface area contributed by atoms with E-state index in [9.17, 15) is 0 Å². The van der Waals surface area contributed by atoms with Crippen LogP contribution in [-0.4, -0.2) is 17.1 Å². The fourth-order valence-corrected chi connectivity index (χ4v) is 3.38. The van der Waals surface area contributed by atoms with E-state index in [0.29, 0.717) is 0 Å². The molecule has 1 heterocycles. The van der Waals surface area contributed by atoms with Crippen LogP contribution < -0.4 is 5.32 Å². The number of thiophene rings is 1. The molecule has 2 rings (SSSR count). The first-order chi connectivity index (χ1) is 9.06. The fourth-order valence-electron chi connectivity index (χ4n) is 1.67. The summed E-state index contributed by atoms with van der Waals surface area (Å²) in [6, 6.07) is 12.3. The SMILES string of the molecule is Cc1ccccc1NC(=S)N(C)Cc1ccc(Br)s1. The molecule has 0 atom stereocenters. The number of hydrogen-bond donors (Lipinski definition) is 1. The molecule has 0 radical (unpaired) electrons. The topological polar surface area (TPSA) is 15.3 Å². The lowest BCUT2D eigenvalue weighted by atomic mass is 10.2. The third-order valence-corrected chi connectivity index (χ3v) is 4.78. The van der Waals surface area contributed by atoms with Crippen LogP contribution in [0.5, 0.6) is 0 Å². The normalized spacial score (nSPS) is 10.3. The van der Waals surface area contributed by atoms with Crippen molar-refractivity contribution in [3.05, 3.63) is 50.6 Å². The third-order valence-electron chi connectivity index (χ3n) is 2.76. The van der Waals surface area contributed by atoms with Crippen LogP contribution in [-0.2, 0) is 6.54 Å². The van der Waals surface area contributed by atoms with Crippen LogP contribution >= 0.6 is 39.5 Å². The van der Waals surface area contributed by atoms with Gasteiger partial charge in [-0.15, -0.1) is 11.3 Å². The van der Waals surface area contributed by atoms with Gasteiger partial charge >= 0.3 is 0 Å². The second-order valence-electron chi connectivity index (χ2n) is 4.31. The first kappa shape index (κ1) is 14.5. The Hall–Kier alpha value is -0.910. The van der Waals surface area contributed by atoms with Crippen molar-refractivity contribution >= 4 is 50.3 Å². The second kappa shape index (κ2) is 6.50. The van der Waals surface area contributed by atoms with E-state index in [2.05, 4.69) is 46.4 Å². The molecule has 1 aromatic heterocycles. The third kappa shape index (κ3) is 4.03. The Morgan fingerprint density at radius 1 is 1.32 bits per heavy atom. The van der Waals surface area contributed by atoms with Gasteiger partial charge in [0.05, 0.1) is 10.3 Å². The van der Waals surface area contributed by atoms with Crippen molar-refractivity contribution in [1.29, 1.82) is 0 Å². The van der Waals surface area contributed by atoms with Crippen LogP contribution in [0.3, 0.4) is 0 Å². The summed E-state index contributed by atoms with van der Waals surface area (Å²) >= 11 is 10.6. The Labute approximate surface area is 131 Å². The highest BCUT2D eigenvalue weighted by molar-refractivity contribution is 9.11. The van der Waals surface area contributed by atoms with E-state index < -0.39 is 0 Å². The number of benzene rings is 1. The van der Waals surface area contributed by atoms with Crippen molar-refractivity contribution < 1.29 is 0 Å². The lowest BCUT2D eigenvalue weighted by Crippen LogP contribution is -2.30. The van der Waals surface area contributed by atoms with Gasteiger partial charge in [-0.2, -0.15) is 0 Å². The number of anilines is 1. The number of halogens is 1. The molecule has 5 heteroatoms. The molecule has 0 unspecified atom stereocenters. The molecule has 100 valence electrons. The molecular formula is C14H15BrN2S2. The Kier molecular flexibility index (Phi) is 4.96. The first-order valence-electron chi connectivity index (χ1n) is 5.88. The van der Waals surface area contributed by atoms with Gasteiger partial charge in [-0.1, -0.05) is 18.2 Å². The van der Waals surface area contributed by atoms with Crippen LogP contribution in [0.1, 0.15) is 10.4 Å². The highest BCUT2D eigenvalue weighted by atomic mass is 79.9. The Morgan fingerprint density at radius 2 is 2.05 bits per heavy atom. The van der Waals surface area contributed by atoms with Crippen molar-refractivity contribution in [3.63, 3.8) is 0 Å². The van der Waals surface area contributed by atoms with Gasteiger partial charge in [0.15, 0.2) is 5.11 Å². The smallest absolute Gasteiger partial charge is 0.173 e. The molecule has 1 N–H and O–H groups in total. The minimum Gasteiger partial charge on any atom is -0.347 e. The maximum absolute atomic E-state index is 5.43. The van der Waals surface area contributed by atoms with Crippen molar-refractivity contribution in [1.82, 2.24) is 4.90 Å². The van der Waals surface area contributed by atoms with Gasteiger partial charge in [-0.05, 0) is 58.8 Å². The van der Waals surface area contributed by atoms with Crippen LogP contribution in [0.2, 0.25) is 0 Å². The molecule has 2 nitrogen and oxygen atoms in total. The molecule has 0 saturated carbocycles. The first-order valence-corrected chi connectivity index (χ1v) is 7.90. The van der Waals surface area contributed by atoms with Crippen molar-refractivity contribution in [2.24, 2.45) is 0 Å². The number of aryl methyl sites for hydroxylation is 1. The lowest BCUT2D eigenvalue weighted by Gasteiger charge is -2.21. The van der Waals surface area contributed by atoms with Gasteiger partial charge < -0.3 is 10.2 Å². The number of nitrogens with one attached hydrogen (secondary N) is 1. The summed E-state index contributed by atoms with van der Waals surface area (Å²) in [4.78, 5) is 3.32.